The maximum absolute atomic E-state index is 12.3. The molecular formula is C10H11BF3KO3. The summed E-state index contributed by atoms with van der Waals surface area (Å²) < 4.78 is 46.5. The van der Waals surface area contributed by atoms with Crippen LogP contribution >= 0.6 is 0 Å². The van der Waals surface area contributed by atoms with Crippen LogP contribution in [0.5, 0.6) is 5.75 Å². The molecule has 0 bridgehead atoms. The van der Waals surface area contributed by atoms with Crippen molar-refractivity contribution < 1.29 is 78.6 Å². The van der Waals surface area contributed by atoms with Crippen molar-refractivity contribution in [2.24, 2.45) is 0 Å². The molecule has 0 radical (unpaired) electrons. The van der Waals surface area contributed by atoms with Gasteiger partial charge in [-0.2, -0.15) is 0 Å². The standard InChI is InChI=1S/C10H11BF3O3.K/c1-8(15)16-6-7-17-10-4-2-9(3-5-10)11(12,13)14;/h2-5H,6-7H2,1H3;/q-1;+1. The van der Waals surface area contributed by atoms with Gasteiger partial charge in [-0.25, -0.2) is 0 Å². The summed E-state index contributed by atoms with van der Waals surface area (Å²) >= 11 is 0. The van der Waals surface area contributed by atoms with Crippen LogP contribution in [0.4, 0.5) is 12.9 Å². The van der Waals surface area contributed by atoms with Gasteiger partial charge in [0.15, 0.2) is 0 Å². The molecule has 0 aliphatic rings. The quantitative estimate of drug-likeness (QED) is 0.383. The first-order valence-electron chi connectivity index (χ1n) is 4.95. The van der Waals surface area contributed by atoms with Gasteiger partial charge in [-0.15, -0.1) is 5.46 Å². The average Bonchev–Trinajstić information content (AvgIpc) is 2.23. The second-order valence-corrected chi connectivity index (χ2v) is 3.33. The predicted molar refractivity (Wildman–Crippen MR) is 57.3 cm³/mol. The molecule has 0 spiro atoms. The molecular weight excluding hydrogens is 275 g/mol. The van der Waals surface area contributed by atoms with Gasteiger partial charge in [-0.1, -0.05) is 12.1 Å². The molecule has 0 saturated heterocycles. The molecule has 0 aliphatic carbocycles. The molecule has 1 rings (SSSR count). The van der Waals surface area contributed by atoms with Gasteiger partial charge in [-0.3, -0.25) is 4.79 Å². The molecule has 0 saturated carbocycles. The molecule has 0 aromatic heterocycles. The van der Waals surface area contributed by atoms with Gasteiger partial charge >= 0.3 is 64.3 Å². The van der Waals surface area contributed by atoms with Crippen molar-refractivity contribution in [2.45, 2.75) is 6.92 Å². The first-order chi connectivity index (χ1) is 7.89. The van der Waals surface area contributed by atoms with E-state index in [1.54, 1.807) is 0 Å². The van der Waals surface area contributed by atoms with Crippen molar-refractivity contribution in [3.63, 3.8) is 0 Å². The van der Waals surface area contributed by atoms with Crippen LogP contribution in [0.15, 0.2) is 24.3 Å². The Labute approximate surface area is 146 Å². The molecule has 3 nitrogen and oxygen atoms in total. The Morgan fingerprint density at radius 3 is 2.17 bits per heavy atom. The van der Waals surface area contributed by atoms with E-state index in [9.17, 15) is 17.7 Å². The molecule has 18 heavy (non-hydrogen) atoms. The van der Waals surface area contributed by atoms with Crippen molar-refractivity contribution in [1.82, 2.24) is 0 Å². The Bertz CT molecular complexity index is 381. The molecule has 0 amide bonds. The minimum absolute atomic E-state index is 0. The third-order valence-corrected chi connectivity index (χ3v) is 1.92. The van der Waals surface area contributed by atoms with Gasteiger partial charge in [0.1, 0.15) is 19.0 Å². The normalized spacial score (nSPS) is 10.4. The summed E-state index contributed by atoms with van der Waals surface area (Å²) in [6.07, 6.45) is 0. The molecule has 8 heteroatoms. The zero-order valence-corrected chi connectivity index (χ0v) is 13.3. The molecule has 1 aromatic carbocycles. The molecule has 0 aliphatic heterocycles. The molecule has 0 unspecified atom stereocenters. The van der Waals surface area contributed by atoms with Crippen LogP contribution in [-0.2, 0) is 9.53 Å². The molecule has 0 fully saturated rings. The van der Waals surface area contributed by atoms with Crippen LogP contribution in [0.3, 0.4) is 0 Å². The zero-order chi connectivity index (χ0) is 12.9. The summed E-state index contributed by atoms with van der Waals surface area (Å²) in [5, 5.41) is 0. The third kappa shape index (κ3) is 6.79. The van der Waals surface area contributed by atoms with Gasteiger partial charge in [0.2, 0.25) is 0 Å². The van der Waals surface area contributed by atoms with Gasteiger partial charge in [0.25, 0.3) is 0 Å². The van der Waals surface area contributed by atoms with Crippen LogP contribution in [0, 0.1) is 0 Å². The van der Waals surface area contributed by atoms with Crippen molar-refractivity contribution >= 4 is 18.4 Å². The number of benzene rings is 1. The van der Waals surface area contributed by atoms with Crippen LogP contribution in [-0.4, -0.2) is 26.2 Å². The fourth-order valence-electron chi connectivity index (χ4n) is 1.13. The van der Waals surface area contributed by atoms with Gasteiger partial charge < -0.3 is 22.4 Å². The molecule has 94 valence electrons. The smallest absolute Gasteiger partial charge is 0.490 e. The van der Waals surface area contributed by atoms with Gasteiger partial charge in [-0.05, 0) is 12.1 Å². The summed E-state index contributed by atoms with van der Waals surface area (Å²) in [7, 11) is 0. The van der Waals surface area contributed by atoms with E-state index >= 15 is 0 Å². The van der Waals surface area contributed by atoms with E-state index in [4.69, 9.17) is 4.74 Å². The fourth-order valence-corrected chi connectivity index (χ4v) is 1.13. The third-order valence-electron chi connectivity index (χ3n) is 1.92. The second kappa shape index (κ2) is 8.21. The number of hydrogen-bond donors (Lipinski definition) is 0. The van der Waals surface area contributed by atoms with Crippen molar-refractivity contribution in [3.05, 3.63) is 24.3 Å². The Kier molecular flexibility index (Phi) is 8.20. The number of carbonyl (C=O) groups is 1. The van der Waals surface area contributed by atoms with E-state index < -0.39 is 18.4 Å². The number of hydrogen-bond acceptors (Lipinski definition) is 3. The minimum Gasteiger partial charge on any atom is -0.490 e. The first kappa shape index (κ1) is 18.0. The largest absolute Gasteiger partial charge is 1.00 e. The van der Waals surface area contributed by atoms with Crippen LogP contribution in [0.25, 0.3) is 0 Å². The van der Waals surface area contributed by atoms with Crippen LogP contribution in [0.2, 0.25) is 0 Å². The molecule has 0 heterocycles. The summed E-state index contributed by atoms with van der Waals surface area (Å²) in [4.78, 5) is 10.4. The number of esters is 1. The summed E-state index contributed by atoms with van der Waals surface area (Å²) in [6, 6.07) is 4.39. The molecule has 1 aromatic rings. The Balaban J connectivity index is 0.00000289. The Hall–Kier alpha value is -0.0187. The van der Waals surface area contributed by atoms with E-state index in [-0.39, 0.29) is 64.6 Å². The van der Waals surface area contributed by atoms with Crippen molar-refractivity contribution in [2.75, 3.05) is 13.2 Å². The number of carbonyl (C=O) groups excluding carboxylic acids is 1. The van der Waals surface area contributed by atoms with E-state index in [0.29, 0.717) is 5.75 Å². The maximum Gasteiger partial charge on any atom is 1.00 e. The Morgan fingerprint density at radius 2 is 1.72 bits per heavy atom. The minimum atomic E-state index is -4.97. The zero-order valence-electron chi connectivity index (χ0n) is 10.2. The SMILES string of the molecule is CC(=O)OCCOc1ccc([B-](F)(F)F)cc1.[K+]. The Morgan fingerprint density at radius 1 is 1.17 bits per heavy atom. The van der Waals surface area contributed by atoms with E-state index in [1.165, 1.54) is 19.1 Å². The number of halogens is 3. The first-order valence-corrected chi connectivity index (χ1v) is 4.95. The summed E-state index contributed by atoms with van der Waals surface area (Å²) in [5.41, 5.74) is -0.669. The summed E-state index contributed by atoms with van der Waals surface area (Å²) in [5.74, 6) is -0.121. The van der Waals surface area contributed by atoms with Gasteiger partial charge in [0.05, 0.1) is 0 Å². The monoisotopic (exact) mass is 286 g/mol. The van der Waals surface area contributed by atoms with Crippen LogP contribution in [0.1, 0.15) is 6.92 Å². The van der Waals surface area contributed by atoms with Gasteiger partial charge in [0, 0.05) is 6.92 Å². The maximum atomic E-state index is 12.3. The van der Waals surface area contributed by atoms with Crippen molar-refractivity contribution in [3.8, 4) is 5.75 Å². The van der Waals surface area contributed by atoms with Crippen molar-refractivity contribution in [1.29, 1.82) is 0 Å². The average molecular weight is 286 g/mol. The summed E-state index contributed by atoms with van der Waals surface area (Å²) in [6.45, 7) is -3.53. The van der Waals surface area contributed by atoms with E-state index in [2.05, 4.69) is 4.74 Å². The second-order valence-electron chi connectivity index (χ2n) is 3.33. The molecule has 0 N–H and O–H groups in total. The number of rotatable bonds is 5. The fraction of sp³-hybridized carbons (Fsp3) is 0.300. The topological polar surface area (TPSA) is 35.5 Å². The van der Waals surface area contributed by atoms with E-state index in [1.807, 2.05) is 0 Å². The molecule has 0 atom stereocenters. The van der Waals surface area contributed by atoms with Crippen LogP contribution < -0.4 is 61.6 Å². The number of ether oxygens (including phenoxy) is 2. The van der Waals surface area contributed by atoms with E-state index in [0.717, 1.165) is 12.1 Å². The predicted octanol–water partition coefficient (Wildman–Crippen LogP) is -1.31.